The highest BCUT2D eigenvalue weighted by Crippen LogP contribution is 2.63. The van der Waals surface area contributed by atoms with Crippen molar-refractivity contribution in [2.24, 2.45) is 5.92 Å². The van der Waals surface area contributed by atoms with E-state index >= 15 is 0 Å². The van der Waals surface area contributed by atoms with Gasteiger partial charge in [0.1, 0.15) is 0 Å². The Balaban J connectivity index is 1.94. The van der Waals surface area contributed by atoms with E-state index < -0.39 is 10.2 Å². The monoisotopic (exact) mass is 327 g/mol. The lowest BCUT2D eigenvalue weighted by molar-refractivity contribution is 0.409. The first kappa shape index (κ1) is 16.6. The molecule has 0 amide bonds. The van der Waals surface area contributed by atoms with Gasteiger partial charge in [-0.05, 0) is 47.6 Å². The summed E-state index contributed by atoms with van der Waals surface area (Å²) in [6.07, 6.45) is 11.7. The highest BCUT2D eigenvalue weighted by atomic mass is 32.3. The maximum absolute atomic E-state index is 3.83. The average molecular weight is 328 g/mol. The van der Waals surface area contributed by atoms with Gasteiger partial charge in [-0.15, -0.1) is 10.2 Å². The zero-order valence-electron chi connectivity index (χ0n) is 14.4. The summed E-state index contributed by atoms with van der Waals surface area (Å²) in [5, 5.41) is 5.04. The van der Waals surface area contributed by atoms with Gasteiger partial charge in [-0.25, -0.2) is 0 Å². The SMILES string of the molecule is CC=C(c1ccccc1)S1(NCC)C=CC(C2CCCCC2)=C1. The van der Waals surface area contributed by atoms with E-state index in [0.717, 1.165) is 12.5 Å². The van der Waals surface area contributed by atoms with Crippen LogP contribution in [0.15, 0.2) is 58.9 Å². The van der Waals surface area contributed by atoms with Gasteiger partial charge in [-0.1, -0.05) is 68.7 Å². The van der Waals surface area contributed by atoms with Gasteiger partial charge in [0, 0.05) is 11.4 Å². The molecule has 1 nitrogen and oxygen atoms in total. The summed E-state index contributed by atoms with van der Waals surface area (Å²) < 4.78 is 3.83. The van der Waals surface area contributed by atoms with E-state index in [9.17, 15) is 0 Å². The Morgan fingerprint density at radius 3 is 2.57 bits per heavy atom. The first-order valence-corrected chi connectivity index (χ1v) is 10.7. The third kappa shape index (κ3) is 3.49. The van der Waals surface area contributed by atoms with E-state index in [1.807, 2.05) is 0 Å². The van der Waals surface area contributed by atoms with Crippen molar-refractivity contribution in [3.63, 3.8) is 0 Å². The molecule has 2 heteroatoms. The maximum atomic E-state index is 3.83. The molecule has 23 heavy (non-hydrogen) atoms. The molecule has 1 aliphatic carbocycles. The number of rotatable bonds is 5. The lowest BCUT2D eigenvalue weighted by Gasteiger charge is -2.36. The average Bonchev–Trinajstić information content (AvgIpc) is 3.03. The minimum Gasteiger partial charge on any atom is -0.271 e. The minimum atomic E-state index is -1.19. The van der Waals surface area contributed by atoms with Crippen molar-refractivity contribution >= 4 is 15.1 Å². The van der Waals surface area contributed by atoms with Crippen molar-refractivity contribution in [3.05, 3.63) is 64.4 Å². The first-order chi connectivity index (χ1) is 11.3. The molecule has 1 saturated carbocycles. The fourth-order valence-electron chi connectivity index (χ4n) is 3.85. The molecule has 124 valence electrons. The van der Waals surface area contributed by atoms with Crippen molar-refractivity contribution in [2.75, 3.05) is 6.54 Å². The van der Waals surface area contributed by atoms with Crippen molar-refractivity contribution in [2.45, 2.75) is 46.0 Å². The molecular formula is C21H29NS. The van der Waals surface area contributed by atoms with E-state index in [1.54, 1.807) is 5.57 Å². The van der Waals surface area contributed by atoms with Crippen LogP contribution in [0.3, 0.4) is 0 Å². The quantitative estimate of drug-likeness (QED) is 0.662. The summed E-state index contributed by atoms with van der Waals surface area (Å²) in [6, 6.07) is 10.9. The van der Waals surface area contributed by atoms with Gasteiger partial charge < -0.3 is 0 Å². The van der Waals surface area contributed by atoms with Crippen LogP contribution in [0.1, 0.15) is 51.5 Å². The molecule has 1 fully saturated rings. The van der Waals surface area contributed by atoms with Gasteiger partial charge >= 0.3 is 0 Å². The molecule has 3 rings (SSSR count). The van der Waals surface area contributed by atoms with Crippen LogP contribution < -0.4 is 4.72 Å². The van der Waals surface area contributed by atoms with E-state index in [-0.39, 0.29) is 0 Å². The van der Waals surface area contributed by atoms with Gasteiger partial charge in [0.2, 0.25) is 0 Å². The summed E-state index contributed by atoms with van der Waals surface area (Å²) in [5.74, 6) is 0.780. The zero-order chi connectivity index (χ0) is 16.1. The Morgan fingerprint density at radius 1 is 1.17 bits per heavy atom. The molecule has 2 aliphatic rings. The molecule has 1 N–H and O–H groups in total. The summed E-state index contributed by atoms with van der Waals surface area (Å²) in [6.45, 7) is 5.39. The van der Waals surface area contributed by atoms with E-state index in [4.69, 9.17) is 0 Å². The molecule has 1 heterocycles. The molecule has 1 aliphatic heterocycles. The van der Waals surface area contributed by atoms with Crippen molar-refractivity contribution < 1.29 is 0 Å². The highest BCUT2D eigenvalue weighted by molar-refractivity contribution is 8.44. The summed E-state index contributed by atoms with van der Waals surface area (Å²) in [7, 11) is -1.19. The summed E-state index contributed by atoms with van der Waals surface area (Å²) in [5.41, 5.74) is 2.92. The van der Waals surface area contributed by atoms with Crippen LogP contribution in [0.2, 0.25) is 0 Å². The van der Waals surface area contributed by atoms with Crippen LogP contribution in [0.25, 0.3) is 4.91 Å². The fraction of sp³-hybridized carbons (Fsp3) is 0.429. The highest BCUT2D eigenvalue weighted by Gasteiger charge is 2.30. The Labute approximate surface area is 143 Å². The van der Waals surface area contributed by atoms with Crippen LogP contribution in [-0.2, 0) is 0 Å². The predicted molar refractivity (Wildman–Crippen MR) is 105 cm³/mol. The van der Waals surface area contributed by atoms with Gasteiger partial charge in [0.15, 0.2) is 0 Å². The second-order valence-electron chi connectivity index (χ2n) is 6.48. The number of benzene rings is 1. The molecule has 1 aromatic rings. The molecule has 0 saturated heterocycles. The Hall–Kier alpha value is -1.25. The predicted octanol–water partition coefficient (Wildman–Crippen LogP) is 6.37. The smallest absolute Gasteiger partial charge is 0.0127 e. The zero-order valence-corrected chi connectivity index (χ0v) is 15.2. The Morgan fingerprint density at radius 2 is 1.91 bits per heavy atom. The number of allylic oxidation sites excluding steroid dienone is 3. The van der Waals surface area contributed by atoms with E-state index in [0.29, 0.717) is 0 Å². The van der Waals surface area contributed by atoms with Crippen LogP contribution in [0, 0.1) is 5.92 Å². The second-order valence-corrected chi connectivity index (χ2v) is 9.14. The third-order valence-electron chi connectivity index (χ3n) is 4.94. The molecule has 1 unspecified atom stereocenters. The van der Waals surface area contributed by atoms with Crippen LogP contribution in [0.4, 0.5) is 0 Å². The normalized spacial score (nSPS) is 28.4. The van der Waals surface area contributed by atoms with Gasteiger partial charge in [-0.3, -0.25) is 4.72 Å². The fourth-order valence-corrected chi connectivity index (χ4v) is 7.00. The maximum Gasteiger partial charge on any atom is 0.0127 e. The molecular weight excluding hydrogens is 298 g/mol. The molecule has 0 bridgehead atoms. The number of nitrogens with one attached hydrogen (secondary N) is 1. The third-order valence-corrected chi connectivity index (χ3v) is 8.12. The van der Waals surface area contributed by atoms with Crippen LogP contribution in [-0.4, -0.2) is 6.54 Å². The molecule has 0 aromatic heterocycles. The van der Waals surface area contributed by atoms with Crippen molar-refractivity contribution in [3.8, 4) is 0 Å². The van der Waals surface area contributed by atoms with Gasteiger partial charge in [0.05, 0.1) is 0 Å². The summed E-state index contributed by atoms with van der Waals surface area (Å²) in [4.78, 5) is 1.45. The Bertz CT molecular complexity index is 608. The van der Waals surface area contributed by atoms with Gasteiger partial charge in [-0.2, -0.15) is 0 Å². The number of hydrogen-bond acceptors (Lipinski definition) is 1. The molecule has 0 spiro atoms. The lowest BCUT2D eigenvalue weighted by Crippen LogP contribution is -2.17. The molecule has 1 atom stereocenters. The van der Waals surface area contributed by atoms with Crippen LogP contribution >= 0.6 is 10.2 Å². The standard InChI is InChI=1S/C21H29NS/c1-3-21(19-13-9-6-10-14-19)23(22-4-2)16-15-20(17-23)18-11-7-5-8-12-18/h3,6,9-10,13-18,22H,4-5,7-8,11-12H2,1-2H3. The molecule has 0 radical (unpaired) electrons. The topological polar surface area (TPSA) is 12.0 Å². The molecule has 1 aromatic carbocycles. The number of hydrogen-bond donors (Lipinski definition) is 1. The lowest BCUT2D eigenvalue weighted by atomic mass is 9.84. The van der Waals surface area contributed by atoms with Crippen molar-refractivity contribution in [1.29, 1.82) is 0 Å². The largest absolute Gasteiger partial charge is 0.271 e. The Kier molecular flexibility index (Phi) is 5.45. The van der Waals surface area contributed by atoms with Crippen LogP contribution in [0.5, 0.6) is 0 Å². The second kappa shape index (κ2) is 7.55. The van der Waals surface area contributed by atoms with E-state index in [2.05, 4.69) is 71.9 Å². The summed E-state index contributed by atoms with van der Waals surface area (Å²) >= 11 is 0. The van der Waals surface area contributed by atoms with E-state index in [1.165, 1.54) is 42.6 Å². The van der Waals surface area contributed by atoms with Gasteiger partial charge in [0.25, 0.3) is 0 Å². The minimum absolute atomic E-state index is 0.780. The first-order valence-electron chi connectivity index (χ1n) is 8.98. The van der Waals surface area contributed by atoms with Crippen molar-refractivity contribution in [1.82, 2.24) is 4.72 Å².